The number of ether oxygens (including phenoxy) is 2. The Hall–Kier alpha value is -0.380. The van der Waals surface area contributed by atoms with Crippen molar-refractivity contribution in [3.8, 4) is 0 Å². The van der Waals surface area contributed by atoms with Gasteiger partial charge in [0.2, 0.25) is 0 Å². The van der Waals surface area contributed by atoms with Crippen LogP contribution in [0.15, 0.2) is 12.1 Å². The van der Waals surface area contributed by atoms with Crippen LogP contribution in [-0.4, -0.2) is 26.2 Å². The van der Waals surface area contributed by atoms with Crippen LogP contribution < -0.4 is 0 Å². The summed E-state index contributed by atoms with van der Waals surface area (Å²) >= 11 is 3.97. The molecule has 0 unspecified atom stereocenters. The number of carbonyl (C=O) groups excluding carboxylic acids is 2. The van der Waals surface area contributed by atoms with E-state index < -0.39 is 11.9 Å². The Balaban J connectivity index is 3.28. The first-order valence-corrected chi connectivity index (χ1v) is 6.32. The van der Waals surface area contributed by atoms with Crippen LogP contribution in [0.4, 0.5) is 0 Å². The van der Waals surface area contributed by atoms with Crippen molar-refractivity contribution in [2.75, 3.05) is 14.2 Å². The second-order valence-corrected chi connectivity index (χ2v) is 5.12. The third-order valence-electron chi connectivity index (χ3n) is 1.85. The highest BCUT2D eigenvalue weighted by Crippen LogP contribution is 2.22. The Morgan fingerprint density at radius 2 is 1.44 bits per heavy atom. The van der Waals surface area contributed by atoms with E-state index in [0.717, 1.165) is 0 Å². The molecule has 0 aliphatic carbocycles. The lowest BCUT2D eigenvalue weighted by atomic mass is 10.1. The minimum absolute atomic E-state index is 0.412. The molecular weight excluding hydrogens is 438 g/mol. The molecule has 0 N–H and O–H groups in total. The number of esters is 2. The summed E-state index contributed by atoms with van der Waals surface area (Å²) in [7, 11) is 2.64. The van der Waals surface area contributed by atoms with Crippen molar-refractivity contribution in [1.82, 2.24) is 0 Å². The SMILES string of the molecule is COC(=O)c1cc(I)c(C(=O)OC)c(I)c1. The van der Waals surface area contributed by atoms with Gasteiger partial charge >= 0.3 is 11.9 Å². The van der Waals surface area contributed by atoms with E-state index in [0.29, 0.717) is 18.3 Å². The minimum Gasteiger partial charge on any atom is -0.465 e. The summed E-state index contributed by atoms with van der Waals surface area (Å²) in [5, 5.41) is 0. The van der Waals surface area contributed by atoms with Crippen molar-refractivity contribution in [1.29, 1.82) is 0 Å². The van der Waals surface area contributed by atoms with Crippen molar-refractivity contribution in [2.24, 2.45) is 0 Å². The Morgan fingerprint density at radius 1 is 1.00 bits per heavy atom. The summed E-state index contributed by atoms with van der Waals surface area (Å²) in [6.45, 7) is 0. The maximum absolute atomic E-state index is 11.5. The topological polar surface area (TPSA) is 52.6 Å². The molecule has 4 nitrogen and oxygen atoms in total. The predicted molar refractivity (Wildman–Crippen MR) is 74.6 cm³/mol. The van der Waals surface area contributed by atoms with Crippen LogP contribution >= 0.6 is 45.2 Å². The first-order valence-electron chi connectivity index (χ1n) is 4.17. The maximum Gasteiger partial charge on any atom is 0.340 e. The van der Waals surface area contributed by atoms with Crippen molar-refractivity contribution in [2.45, 2.75) is 0 Å². The van der Waals surface area contributed by atoms with Crippen LogP contribution in [0.5, 0.6) is 0 Å². The van der Waals surface area contributed by atoms with Crippen LogP contribution in [0.2, 0.25) is 0 Å². The summed E-state index contributed by atoms with van der Waals surface area (Å²) in [5.41, 5.74) is 0.889. The predicted octanol–water partition coefficient (Wildman–Crippen LogP) is 2.47. The number of carbonyl (C=O) groups is 2. The average molecular weight is 446 g/mol. The highest BCUT2D eigenvalue weighted by atomic mass is 127. The van der Waals surface area contributed by atoms with Gasteiger partial charge in [0.1, 0.15) is 0 Å². The number of hydrogen-bond donors (Lipinski definition) is 0. The lowest BCUT2D eigenvalue weighted by Crippen LogP contribution is -2.10. The van der Waals surface area contributed by atoms with Gasteiger partial charge in [-0.25, -0.2) is 9.59 Å². The van der Waals surface area contributed by atoms with Gasteiger partial charge in [-0.15, -0.1) is 0 Å². The highest BCUT2D eigenvalue weighted by Gasteiger charge is 2.18. The van der Waals surface area contributed by atoms with Crippen LogP contribution in [0, 0.1) is 7.14 Å². The van der Waals surface area contributed by atoms with Crippen molar-refractivity contribution in [3.63, 3.8) is 0 Å². The molecule has 0 aromatic heterocycles. The molecule has 0 heterocycles. The van der Waals surface area contributed by atoms with E-state index in [9.17, 15) is 9.59 Å². The summed E-state index contributed by atoms with van der Waals surface area (Å²) in [6, 6.07) is 3.20. The van der Waals surface area contributed by atoms with E-state index in [-0.39, 0.29) is 0 Å². The fourth-order valence-electron chi connectivity index (χ4n) is 1.11. The second-order valence-electron chi connectivity index (χ2n) is 2.80. The van der Waals surface area contributed by atoms with E-state index in [4.69, 9.17) is 0 Å². The molecule has 1 aromatic carbocycles. The normalized spacial score (nSPS) is 9.75. The van der Waals surface area contributed by atoms with Gasteiger partial charge in [-0.3, -0.25) is 0 Å². The number of halogens is 2. The number of hydrogen-bond acceptors (Lipinski definition) is 4. The fraction of sp³-hybridized carbons (Fsp3) is 0.200. The highest BCUT2D eigenvalue weighted by molar-refractivity contribution is 14.1. The van der Waals surface area contributed by atoms with E-state index >= 15 is 0 Å². The molecule has 0 bridgehead atoms. The molecule has 0 radical (unpaired) electrons. The number of benzene rings is 1. The van der Waals surface area contributed by atoms with Crippen LogP contribution in [0.3, 0.4) is 0 Å². The molecule has 1 rings (SSSR count). The third-order valence-corrected chi connectivity index (χ3v) is 3.55. The first kappa shape index (κ1) is 13.7. The zero-order valence-electron chi connectivity index (χ0n) is 8.54. The van der Waals surface area contributed by atoms with Gasteiger partial charge in [0.05, 0.1) is 25.3 Å². The Morgan fingerprint density at radius 3 is 1.81 bits per heavy atom. The molecule has 0 aliphatic rings. The van der Waals surface area contributed by atoms with E-state index in [1.807, 2.05) is 45.2 Å². The zero-order valence-corrected chi connectivity index (χ0v) is 12.9. The molecule has 16 heavy (non-hydrogen) atoms. The molecular formula is C10H8I2O4. The first-order chi connectivity index (χ1) is 7.51. The molecule has 0 saturated carbocycles. The zero-order chi connectivity index (χ0) is 12.3. The van der Waals surface area contributed by atoms with Crippen LogP contribution in [0.25, 0.3) is 0 Å². The van der Waals surface area contributed by atoms with Gasteiger partial charge in [0.15, 0.2) is 0 Å². The lowest BCUT2D eigenvalue weighted by Gasteiger charge is -2.07. The summed E-state index contributed by atoms with van der Waals surface area (Å²) in [6.07, 6.45) is 0. The smallest absolute Gasteiger partial charge is 0.340 e. The quantitative estimate of drug-likeness (QED) is 0.518. The molecule has 0 saturated heterocycles. The summed E-state index contributed by atoms with van der Waals surface area (Å²) < 4.78 is 10.6. The Labute approximate surface area is 120 Å². The Bertz CT molecular complexity index is 419. The van der Waals surface area contributed by atoms with Gasteiger partial charge in [0.25, 0.3) is 0 Å². The molecule has 86 valence electrons. The fourth-order valence-corrected chi connectivity index (χ4v) is 3.31. The number of rotatable bonds is 2. The van der Waals surface area contributed by atoms with Crippen LogP contribution in [0.1, 0.15) is 20.7 Å². The third kappa shape index (κ3) is 2.84. The van der Waals surface area contributed by atoms with Gasteiger partial charge in [0, 0.05) is 7.14 Å². The van der Waals surface area contributed by atoms with Crippen molar-refractivity contribution >= 4 is 57.1 Å². The molecule has 0 fully saturated rings. The maximum atomic E-state index is 11.5. The van der Waals surface area contributed by atoms with Gasteiger partial charge in [-0.2, -0.15) is 0 Å². The van der Waals surface area contributed by atoms with E-state index in [1.165, 1.54) is 14.2 Å². The molecule has 1 aromatic rings. The largest absolute Gasteiger partial charge is 0.465 e. The molecule has 0 spiro atoms. The monoisotopic (exact) mass is 446 g/mol. The van der Waals surface area contributed by atoms with Gasteiger partial charge in [-0.05, 0) is 57.3 Å². The molecule has 0 atom stereocenters. The van der Waals surface area contributed by atoms with Gasteiger partial charge < -0.3 is 9.47 Å². The van der Waals surface area contributed by atoms with E-state index in [1.54, 1.807) is 12.1 Å². The summed E-state index contributed by atoms with van der Waals surface area (Å²) in [4.78, 5) is 22.8. The van der Waals surface area contributed by atoms with Crippen molar-refractivity contribution < 1.29 is 19.1 Å². The Kier molecular flexibility index (Phi) is 4.96. The van der Waals surface area contributed by atoms with E-state index in [2.05, 4.69) is 9.47 Å². The van der Waals surface area contributed by atoms with Crippen LogP contribution in [-0.2, 0) is 9.47 Å². The average Bonchev–Trinajstić information content (AvgIpc) is 2.26. The standard InChI is InChI=1S/C10H8I2O4/c1-15-9(13)5-3-6(11)8(7(12)4-5)10(14)16-2/h3-4H,1-2H3. The van der Waals surface area contributed by atoms with Gasteiger partial charge in [-0.1, -0.05) is 0 Å². The molecule has 6 heteroatoms. The number of methoxy groups -OCH3 is 2. The molecule has 0 aliphatic heterocycles. The van der Waals surface area contributed by atoms with Crippen molar-refractivity contribution in [3.05, 3.63) is 30.4 Å². The lowest BCUT2D eigenvalue weighted by molar-refractivity contribution is 0.0584. The molecule has 0 amide bonds. The minimum atomic E-state index is -0.424. The second kappa shape index (κ2) is 5.80. The summed E-state index contributed by atoms with van der Waals surface area (Å²) in [5.74, 6) is -0.836.